The number of oxazole rings is 1. The van der Waals surface area contributed by atoms with Crippen molar-refractivity contribution in [3.8, 4) is 0 Å². The molecule has 1 unspecified atom stereocenters. The summed E-state index contributed by atoms with van der Waals surface area (Å²) in [7, 11) is 0. The number of halogens is 1. The molecule has 0 aliphatic carbocycles. The Hall–Kier alpha value is -0.830. The molecule has 0 amide bonds. The highest BCUT2D eigenvalue weighted by Gasteiger charge is 2.19. The molecule has 152 valence electrons. The molecule has 0 spiro atoms. The maximum absolute atomic E-state index is 9.24. The van der Waals surface area contributed by atoms with Gasteiger partial charge in [0.1, 0.15) is 12.3 Å². The Morgan fingerprint density at radius 2 is 2.00 bits per heavy atom. The molecule has 3 N–H and O–H groups in total. The van der Waals surface area contributed by atoms with Crippen LogP contribution in [-0.4, -0.2) is 35.7 Å². The predicted molar refractivity (Wildman–Crippen MR) is 118 cm³/mol. The van der Waals surface area contributed by atoms with Crippen LogP contribution in [0.15, 0.2) is 15.6 Å². The van der Waals surface area contributed by atoms with E-state index in [0.717, 1.165) is 37.7 Å². The van der Waals surface area contributed by atoms with Gasteiger partial charge in [-0.25, -0.2) is 9.98 Å². The molecule has 7 heteroatoms. The zero-order chi connectivity index (χ0) is 18.9. The number of aliphatic hydroxyl groups excluding tert-OH is 1. The van der Waals surface area contributed by atoms with Crippen molar-refractivity contribution in [2.45, 2.75) is 66.3 Å². The van der Waals surface area contributed by atoms with Gasteiger partial charge in [0.2, 0.25) is 5.89 Å². The Balaban J connectivity index is 0.00000625. The molecule has 0 radical (unpaired) electrons. The van der Waals surface area contributed by atoms with E-state index in [0.29, 0.717) is 24.3 Å². The van der Waals surface area contributed by atoms with Crippen molar-refractivity contribution >= 4 is 29.9 Å². The normalized spacial score (nSPS) is 13.5. The van der Waals surface area contributed by atoms with Crippen molar-refractivity contribution in [2.75, 3.05) is 19.7 Å². The molecule has 1 aromatic heterocycles. The summed E-state index contributed by atoms with van der Waals surface area (Å²) >= 11 is 0. The Bertz CT molecular complexity index is 524. The van der Waals surface area contributed by atoms with Gasteiger partial charge < -0.3 is 20.2 Å². The molecule has 26 heavy (non-hydrogen) atoms. The summed E-state index contributed by atoms with van der Waals surface area (Å²) in [4.78, 5) is 8.88. The third kappa shape index (κ3) is 9.75. The largest absolute Gasteiger partial charge is 0.443 e. The monoisotopic (exact) mass is 480 g/mol. The summed E-state index contributed by atoms with van der Waals surface area (Å²) in [6.07, 6.45) is 3.67. The van der Waals surface area contributed by atoms with Crippen LogP contribution in [0.5, 0.6) is 0 Å². The van der Waals surface area contributed by atoms with Gasteiger partial charge in [0.25, 0.3) is 0 Å². The molecular formula is C19H37IN4O2. The Kier molecular flexibility index (Phi) is 12.1. The quantitative estimate of drug-likeness (QED) is 0.285. The Morgan fingerprint density at radius 3 is 2.50 bits per heavy atom. The molecule has 0 aliphatic rings. The number of aromatic nitrogens is 1. The van der Waals surface area contributed by atoms with E-state index in [4.69, 9.17) is 4.42 Å². The molecule has 0 bridgehead atoms. The van der Waals surface area contributed by atoms with E-state index < -0.39 is 0 Å². The summed E-state index contributed by atoms with van der Waals surface area (Å²) in [5.41, 5.74) is -0.0495. The van der Waals surface area contributed by atoms with Crippen LogP contribution in [0.1, 0.15) is 66.0 Å². The first-order chi connectivity index (χ1) is 11.8. The van der Waals surface area contributed by atoms with Crippen LogP contribution in [0.25, 0.3) is 0 Å². The zero-order valence-corrected chi connectivity index (χ0v) is 19.5. The van der Waals surface area contributed by atoms with Gasteiger partial charge in [-0.05, 0) is 31.6 Å². The molecule has 0 saturated carbocycles. The van der Waals surface area contributed by atoms with Gasteiger partial charge in [-0.2, -0.15) is 0 Å². The Labute approximate surface area is 175 Å². The van der Waals surface area contributed by atoms with Crippen LogP contribution in [-0.2, 0) is 12.0 Å². The molecule has 6 nitrogen and oxygen atoms in total. The number of aliphatic hydroxyl groups is 1. The highest BCUT2D eigenvalue weighted by Crippen LogP contribution is 2.22. The lowest BCUT2D eigenvalue weighted by Gasteiger charge is -2.20. The van der Waals surface area contributed by atoms with Gasteiger partial charge in [0.15, 0.2) is 5.96 Å². The van der Waals surface area contributed by atoms with Crippen molar-refractivity contribution in [3.63, 3.8) is 0 Å². The molecule has 1 aromatic rings. The van der Waals surface area contributed by atoms with Crippen molar-refractivity contribution in [1.82, 2.24) is 15.6 Å². The van der Waals surface area contributed by atoms with Gasteiger partial charge in [-0.3, -0.25) is 0 Å². The number of rotatable bonds is 9. The molecule has 0 saturated heterocycles. The van der Waals surface area contributed by atoms with Gasteiger partial charge in [-0.15, -0.1) is 24.0 Å². The molecule has 0 aromatic carbocycles. The van der Waals surface area contributed by atoms with Gasteiger partial charge in [0.05, 0.1) is 6.20 Å². The van der Waals surface area contributed by atoms with Crippen molar-refractivity contribution in [3.05, 3.63) is 17.8 Å². The minimum Gasteiger partial charge on any atom is -0.443 e. The maximum atomic E-state index is 9.24. The highest BCUT2D eigenvalue weighted by atomic mass is 127. The minimum atomic E-state index is -0.0495. The van der Waals surface area contributed by atoms with E-state index in [1.165, 1.54) is 0 Å². The minimum absolute atomic E-state index is 0. The lowest BCUT2D eigenvalue weighted by atomic mass is 9.94. The lowest BCUT2D eigenvalue weighted by Crippen LogP contribution is -2.40. The molecular weight excluding hydrogens is 443 g/mol. The number of nitrogens with one attached hydrogen (secondary N) is 2. The average molecular weight is 480 g/mol. The fraction of sp³-hybridized carbons (Fsp3) is 0.789. The lowest BCUT2D eigenvalue weighted by molar-refractivity contribution is 0.243. The van der Waals surface area contributed by atoms with Crippen LogP contribution in [0.2, 0.25) is 0 Å². The van der Waals surface area contributed by atoms with Crippen molar-refractivity contribution in [2.24, 2.45) is 16.8 Å². The smallest absolute Gasteiger partial charge is 0.216 e. The Morgan fingerprint density at radius 1 is 1.31 bits per heavy atom. The topological polar surface area (TPSA) is 82.7 Å². The standard InChI is InChI=1S/C19H36N4O2.HI/c1-7-20-18(22-11-15(8-9-24)10-14(2)3)23-13-17-21-12-16(25-17)19(4,5)6;/h12,14-15,24H,7-11,13H2,1-6H3,(H2,20,22,23);1H. The van der Waals surface area contributed by atoms with Gasteiger partial charge in [0, 0.05) is 25.1 Å². The number of hydrogen-bond acceptors (Lipinski definition) is 4. The fourth-order valence-corrected chi connectivity index (χ4v) is 2.61. The van der Waals surface area contributed by atoms with Crippen molar-refractivity contribution < 1.29 is 9.52 Å². The molecule has 0 fully saturated rings. The van der Waals surface area contributed by atoms with Crippen LogP contribution >= 0.6 is 24.0 Å². The summed E-state index contributed by atoms with van der Waals surface area (Å²) in [5, 5.41) is 15.9. The second kappa shape index (κ2) is 12.5. The molecule has 1 heterocycles. The summed E-state index contributed by atoms with van der Waals surface area (Å²) < 4.78 is 5.79. The molecule has 1 atom stereocenters. The summed E-state index contributed by atoms with van der Waals surface area (Å²) in [5.74, 6) is 3.29. The first-order valence-electron chi connectivity index (χ1n) is 9.34. The third-order valence-corrected chi connectivity index (χ3v) is 3.91. The predicted octanol–water partition coefficient (Wildman–Crippen LogP) is 3.69. The number of aliphatic imine (C=N–C) groups is 1. The second-order valence-corrected chi connectivity index (χ2v) is 7.95. The second-order valence-electron chi connectivity index (χ2n) is 7.95. The third-order valence-electron chi connectivity index (χ3n) is 3.91. The van der Waals surface area contributed by atoms with Crippen molar-refractivity contribution in [1.29, 1.82) is 0 Å². The fourth-order valence-electron chi connectivity index (χ4n) is 2.61. The van der Waals surface area contributed by atoms with Gasteiger partial charge >= 0.3 is 0 Å². The maximum Gasteiger partial charge on any atom is 0.216 e. The van der Waals surface area contributed by atoms with E-state index in [1.54, 1.807) is 6.20 Å². The zero-order valence-electron chi connectivity index (χ0n) is 17.1. The van der Waals surface area contributed by atoms with E-state index >= 15 is 0 Å². The van der Waals surface area contributed by atoms with E-state index in [-0.39, 0.29) is 36.0 Å². The summed E-state index contributed by atoms with van der Waals surface area (Å²) in [6.45, 7) is 15.0. The van der Waals surface area contributed by atoms with Crippen LogP contribution < -0.4 is 10.6 Å². The first kappa shape index (κ1) is 25.2. The number of hydrogen-bond donors (Lipinski definition) is 3. The molecule has 1 rings (SSSR count). The SMILES string of the molecule is CCNC(=NCc1ncc(C(C)(C)C)o1)NCC(CCO)CC(C)C.I. The van der Waals surface area contributed by atoms with E-state index in [1.807, 2.05) is 6.92 Å². The number of guanidine groups is 1. The van der Waals surface area contributed by atoms with Gasteiger partial charge in [-0.1, -0.05) is 34.6 Å². The van der Waals surface area contributed by atoms with Crippen LogP contribution in [0.3, 0.4) is 0 Å². The highest BCUT2D eigenvalue weighted by molar-refractivity contribution is 14.0. The average Bonchev–Trinajstić information content (AvgIpc) is 2.98. The van der Waals surface area contributed by atoms with E-state index in [9.17, 15) is 5.11 Å². The van der Waals surface area contributed by atoms with E-state index in [2.05, 4.69) is 55.2 Å². The van der Waals surface area contributed by atoms with Crippen LogP contribution in [0, 0.1) is 11.8 Å². The van der Waals surface area contributed by atoms with Crippen LogP contribution in [0.4, 0.5) is 0 Å². The summed E-state index contributed by atoms with van der Waals surface area (Å²) in [6, 6.07) is 0. The number of nitrogens with zero attached hydrogens (tertiary/aromatic N) is 2. The first-order valence-corrected chi connectivity index (χ1v) is 9.34. The molecule has 0 aliphatic heterocycles.